The first kappa shape index (κ1) is 13.1. The molecule has 2 rings (SSSR count). The summed E-state index contributed by atoms with van der Waals surface area (Å²) in [5, 5.41) is 3.54. The van der Waals surface area contributed by atoms with Crippen LogP contribution in [-0.4, -0.2) is 19.2 Å². The minimum Gasteiger partial charge on any atom is -0.377 e. The van der Waals surface area contributed by atoms with Crippen LogP contribution in [0.25, 0.3) is 0 Å². The molecule has 0 radical (unpaired) electrons. The molecule has 1 fully saturated rings. The first-order chi connectivity index (χ1) is 8.34. The van der Waals surface area contributed by atoms with Crippen molar-refractivity contribution in [2.75, 3.05) is 13.2 Å². The summed E-state index contributed by atoms with van der Waals surface area (Å²) >= 11 is 3.43. The van der Waals surface area contributed by atoms with E-state index in [0.29, 0.717) is 6.04 Å². The van der Waals surface area contributed by atoms with Crippen LogP contribution < -0.4 is 5.32 Å². The molecule has 3 heteroatoms. The van der Waals surface area contributed by atoms with Crippen LogP contribution in [0.5, 0.6) is 0 Å². The van der Waals surface area contributed by atoms with Gasteiger partial charge in [-0.25, -0.2) is 0 Å². The maximum absolute atomic E-state index is 5.71. The van der Waals surface area contributed by atoms with Crippen molar-refractivity contribution < 1.29 is 4.74 Å². The molecule has 94 valence electrons. The third-order valence-corrected chi connectivity index (χ3v) is 3.73. The van der Waals surface area contributed by atoms with Gasteiger partial charge in [0, 0.05) is 17.1 Å². The van der Waals surface area contributed by atoms with Gasteiger partial charge in [-0.15, -0.1) is 0 Å². The van der Waals surface area contributed by atoms with Crippen LogP contribution in [0.15, 0.2) is 28.7 Å². The minimum absolute atomic E-state index is 0.675. The van der Waals surface area contributed by atoms with Gasteiger partial charge in [0.15, 0.2) is 0 Å². The molecule has 0 spiro atoms. The molecule has 2 nitrogen and oxygen atoms in total. The molecule has 0 aromatic heterocycles. The van der Waals surface area contributed by atoms with Crippen molar-refractivity contribution in [3.05, 3.63) is 34.3 Å². The van der Waals surface area contributed by atoms with Crippen molar-refractivity contribution in [3.63, 3.8) is 0 Å². The number of hydrogen-bond acceptors (Lipinski definition) is 2. The van der Waals surface area contributed by atoms with Gasteiger partial charge in [0.25, 0.3) is 0 Å². The lowest BCUT2D eigenvalue weighted by Crippen LogP contribution is -2.34. The molecule has 1 heterocycles. The minimum atomic E-state index is 0.675. The van der Waals surface area contributed by atoms with Gasteiger partial charge in [0.05, 0.1) is 6.61 Å². The molecule has 17 heavy (non-hydrogen) atoms. The first-order valence-corrected chi connectivity index (χ1v) is 7.19. The predicted octanol–water partition coefficient (Wildman–Crippen LogP) is 3.50. The van der Waals surface area contributed by atoms with E-state index < -0.39 is 0 Å². The molecule has 1 aliphatic heterocycles. The normalized spacial score (nSPS) is 20.4. The second kappa shape index (κ2) is 7.14. The SMILES string of the molecule is Brc1ccc(COCCC2CCCCN2)cc1. The van der Waals surface area contributed by atoms with Gasteiger partial charge in [0.1, 0.15) is 0 Å². The summed E-state index contributed by atoms with van der Waals surface area (Å²) in [6.07, 6.45) is 5.14. The van der Waals surface area contributed by atoms with Crippen LogP contribution in [0, 0.1) is 0 Å². The number of ether oxygens (including phenoxy) is 1. The van der Waals surface area contributed by atoms with Crippen LogP contribution in [0.3, 0.4) is 0 Å². The summed E-state index contributed by atoms with van der Waals surface area (Å²) in [6.45, 7) is 2.76. The number of nitrogens with one attached hydrogen (secondary N) is 1. The van der Waals surface area contributed by atoms with E-state index in [1.165, 1.54) is 31.4 Å². The van der Waals surface area contributed by atoms with E-state index in [9.17, 15) is 0 Å². The number of rotatable bonds is 5. The second-order valence-electron chi connectivity index (χ2n) is 4.61. The Labute approximate surface area is 112 Å². The largest absolute Gasteiger partial charge is 0.377 e. The van der Waals surface area contributed by atoms with Gasteiger partial charge in [-0.3, -0.25) is 0 Å². The summed E-state index contributed by atoms with van der Waals surface area (Å²) in [6, 6.07) is 8.99. The quantitative estimate of drug-likeness (QED) is 0.840. The van der Waals surface area contributed by atoms with Crippen molar-refractivity contribution in [1.29, 1.82) is 0 Å². The van der Waals surface area contributed by atoms with E-state index in [1.54, 1.807) is 0 Å². The average molecular weight is 298 g/mol. The van der Waals surface area contributed by atoms with Crippen LogP contribution >= 0.6 is 15.9 Å². The van der Waals surface area contributed by atoms with Gasteiger partial charge in [-0.2, -0.15) is 0 Å². The molecule has 1 aromatic carbocycles. The van der Waals surface area contributed by atoms with Gasteiger partial charge in [-0.05, 0) is 43.5 Å². The lowest BCUT2D eigenvalue weighted by atomic mass is 10.0. The van der Waals surface area contributed by atoms with Crippen molar-refractivity contribution >= 4 is 15.9 Å². The van der Waals surface area contributed by atoms with Crippen molar-refractivity contribution in [2.24, 2.45) is 0 Å². The van der Waals surface area contributed by atoms with Gasteiger partial charge in [0.2, 0.25) is 0 Å². The van der Waals surface area contributed by atoms with Gasteiger partial charge >= 0.3 is 0 Å². The Hall–Kier alpha value is -0.380. The van der Waals surface area contributed by atoms with Crippen LogP contribution in [0.4, 0.5) is 0 Å². The van der Waals surface area contributed by atoms with Gasteiger partial charge < -0.3 is 10.1 Å². The summed E-state index contributed by atoms with van der Waals surface area (Å²) in [5.41, 5.74) is 1.24. The smallest absolute Gasteiger partial charge is 0.0716 e. The second-order valence-corrected chi connectivity index (χ2v) is 5.53. The Morgan fingerprint density at radius 2 is 2.06 bits per heavy atom. The van der Waals surface area contributed by atoms with E-state index in [0.717, 1.165) is 24.1 Å². The van der Waals surface area contributed by atoms with Gasteiger partial charge in [-0.1, -0.05) is 34.5 Å². The molecule has 1 N–H and O–H groups in total. The predicted molar refractivity (Wildman–Crippen MR) is 74.1 cm³/mol. The summed E-state index contributed by atoms with van der Waals surface area (Å²) < 4.78 is 6.83. The number of hydrogen-bond donors (Lipinski definition) is 1. The molecule has 1 atom stereocenters. The fraction of sp³-hybridized carbons (Fsp3) is 0.571. The maximum Gasteiger partial charge on any atom is 0.0716 e. The van der Waals surface area contributed by atoms with Crippen molar-refractivity contribution in [2.45, 2.75) is 38.3 Å². The van der Waals surface area contributed by atoms with Crippen LogP contribution in [0.2, 0.25) is 0 Å². The Bertz CT molecular complexity index is 319. The fourth-order valence-corrected chi connectivity index (χ4v) is 2.43. The molecule has 1 unspecified atom stereocenters. The topological polar surface area (TPSA) is 21.3 Å². The molecule has 1 saturated heterocycles. The molecular formula is C14H20BrNO. The maximum atomic E-state index is 5.71. The molecular weight excluding hydrogens is 278 g/mol. The molecule has 0 amide bonds. The average Bonchev–Trinajstić information content (AvgIpc) is 2.38. The molecule has 1 aromatic rings. The zero-order chi connectivity index (χ0) is 11.9. The zero-order valence-electron chi connectivity index (χ0n) is 10.1. The molecule has 0 aliphatic carbocycles. The Morgan fingerprint density at radius 1 is 1.24 bits per heavy atom. The lowest BCUT2D eigenvalue weighted by molar-refractivity contribution is 0.108. The monoisotopic (exact) mass is 297 g/mol. The Balaban J connectivity index is 1.60. The standard InChI is InChI=1S/C14H20BrNO/c15-13-6-4-12(5-7-13)11-17-10-8-14-3-1-2-9-16-14/h4-7,14,16H,1-3,8-11H2. The molecule has 0 saturated carbocycles. The molecule has 1 aliphatic rings. The van der Waals surface area contributed by atoms with E-state index in [2.05, 4.69) is 45.5 Å². The summed E-state index contributed by atoms with van der Waals surface area (Å²) in [7, 11) is 0. The van der Waals surface area contributed by atoms with E-state index in [4.69, 9.17) is 4.74 Å². The zero-order valence-corrected chi connectivity index (χ0v) is 11.7. The number of halogens is 1. The van der Waals surface area contributed by atoms with Crippen molar-refractivity contribution in [3.8, 4) is 0 Å². The Morgan fingerprint density at radius 3 is 2.76 bits per heavy atom. The van der Waals surface area contributed by atoms with Crippen molar-refractivity contribution in [1.82, 2.24) is 5.32 Å². The third-order valence-electron chi connectivity index (χ3n) is 3.21. The lowest BCUT2D eigenvalue weighted by Gasteiger charge is -2.23. The van der Waals surface area contributed by atoms with E-state index >= 15 is 0 Å². The highest BCUT2D eigenvalue weighted by Gasteiger charge is 2.11. The van der Waals surface area contributed by atoms with E-state index in [1.807, 2.05) is 0 Å². The fourth-order valence-electron chi connectivity index (χ4n) is 2.17. The highest BCUT2D eigenvalue weighted by molar-refractivity contribution is 9.10. The summed E-state index contributed by atoms with van der Waals surface area (Å²) in [5.74, 6) is 0. The first-order valence-electron chi connectivity index (χ1n) is 6.40. The summed E-state index contributed by atoms with van der Waals surface area (Å²) in [4.78, 5) is 0. The Kier molecular flexibility index (Phi) is 5.49. The van der Waals surface area contributed by atoms with Crippen LogP contribution in [-0.2, 0) is 11.3 Å². The number of benzene rings is 1. The highest BCUT2D eigenvalue weighted by Crippen LogP contribution is 2.12. The molecule has 0 bridgehead atoms. The number of piperidine rings is 1. The van der Waals surface area contributed by atoms with Crippen LogP contribution in [0.1, 0.15) is 31.2 Å². The van der Waals surface area contributed by atoms with E-state index in [-0.39, 0.29) is 0 Å². The highest BCUT2D eigenvalue weighted by atomic mass is 79.9. The third kappa shape index (κ3) is 4.78.